The number of hydrogen-bond acceptors (Lipinski definition) is 1. The van der Waals surface area contributed by atoms with E-state index in [2.05, 4.69) is 18.6 Å². The van der Waals surface area contributed by atoms with Gasteiger partial charge in [-0.3, -0.25) is 0 Å². The van der Waals surface area contributed by atoms with Gasteiger partial charge in [-0.05, 0) is 0 Å². The summed E-state index contributed by atoms with van der Waals surface area (Å²) in [7, 11) is 0. The van der Waals surface area contributed by atoms with Crippen LogP contribution in [0.4, 0.5) is 0 Å². The second kappa shape index (κ2) is 3.72. The standard InChI is InChI=1S/C6H6I2O/c7-8(9)6-4-2-1-3-5-6/h1-5,9H. The van der Waals surface area contributed by atoms with Crippen LogP contribution in [0.5, 0.6) is 0 Å². The fourth-order valence-corrected chi connectivity index (χ4v) is 3.35. The molecule has 0 atom stereocenters. The van der Waals surface area contributed by atoms with Crippen LogP contribution in [0.2, 0.25) is 0 Å². The molecular formula is C6H6I2O. The molecule has 0 aliphatic carbocycles. The van der Waals surface area contributed by atoms with E-state index in [4.69, 9.17) is 3.44 Å². The molecule has 1 aromatic rings. The maximum atomic E-state index is 9.17. The zero-order valence-corrected chi connectivity index (χ0v) is 8.90. The van der Waals surface area contributed by atoms with Crippen LogP contribution in [-0.2, 0) is 0 Å². The quantitative estimate of drug-likeness (QED) is 0.774. The molecule has 0 saturated heterocycles. The van der Waals surface area contributed by atoms with Crippen molar-refractivity contribution in [3.05, 3.63) is 33.9 Å². The van der Waals surface area contributed by atoms with Crippen LogP contribution in [-0.4, -0.2) is 3.44 Å². The Hall–Kier alpha value is 0.640. The van der Waals surface area contributed by atoms with Gasteiger partial charge < -0.3 is 0 Å². The first-order chi connectivity index (χ1) is 4.30. The van der Waals surface area contributed by atoms with E-state index in [1.54, 1.807) is 0 Å². The van der Waals surface area contributed by atoms with Gasteiger partial charge in [-0.25, -0.2) is 0 Å². The molecule has 1 aromatic carbocycles. The molecule has 0 spiro atoms. The van der Waals surface area contributed by atoms with Gasteiger partial charge in [-0.2, -0.15) is 0 Å². The fourth-order valence-electron chi connectivity index (χ4n) is 0.519. The Balaban J connectivity index is 2.85. The summed E-state index contributed by atoms with van der Waals surface area (Å²) in [6.07, 6.45) is 0. The van der Waals surface area contributed by atoms with E-state index in [-0.39, 0.29) is 0 Å². The topological polar surface area (TPSA) is 20.2 Å². The van der Waals surface area contributed by atoms with Crippen molar-refractivity contribution in [1.82, 2.24) is 0 Å². The number of hydrogen-bond donors (Lipinski definition) is 1. The van der Waals surface area contributed by atoms with Crippen molar-refractivity contribution in [3.8, 4) is 0 Å². The predicted octanol–water partition coefficient (Wildman–Crippen LogP) is 2.62. The predicted molar refractivity (Wildman–Crippen MR) is 55.4 cm³/mol. The minimum atomic E-state index is -1.71. The normalized spacial score (nSPS) is 11.1. The van der Waals surface area contributed by atoms with Crippen LogP contribution in [0.15, 0.2) is 30.3 Å². The third kappa shape index (κ3) is 2.38. The van der Waals surface area contributed by atoms with Gasteiger partial charge in [-0.1, -0.05) is 0 Å². The SMILES string of the molecule is OI(I)c1ccccc1. The monoisotopic (exact) mass is 348 g/mol. The molecular weight excluding hydrogens is 342 g/mol. The number of halogens is 2. The molecule has 1 rings (SSSR count). The van der Waals surface area contributed by atoms with E-state index >= 15 is 0 Å². The molecule has 0 fully saturated rings. The zero-order chi connectivity index (χ0) is 6.69. The number of benzene rings is 1. The van der Waals surface area contributed by atoms with Crippen LogP contribution in [0.3, 0.4) is 0 Å². The molecule has 0 bridgehead atoms. The first kappa shape index (κ1) is 7.74. The summed E-state index contributed by atoms with van der Waals surface area (Å²) < 4.78 is 10.3. The van der Waals surface area contributed by atoms with E-state index in [1.807, 2.05) is 30.3 Å². The third-order valence-corrected chi connectivity index (χ3v) is 5.82. The molecule has 0 amide bonds. The van der Waals surface area contributed by atoms with Gasteiger partial charge >= 0.3 is 72.2 Å². The third-order valence-electron chi connectivity index (χ3n) is 0.913. The molecule has 0 aliphatic heterocycles. The average molecular weight is 348 g/mol. The van der Waals surface area contributed by atoms with Crippen molar-refractivity contribution in [2.45, 2.75) is 0 Å². The van der Waals surface area contributed by atoms with Crippen molar-refractivity contribution >= 4 is 34.9 Å². The summed E-state index contributed by atoms with van der Waals surface area (Å²) in [5, 5.41) is 0. The Morgan fingerprint density at radius 2 is 1.78 bits per heavy atom. The average Bonchev–Trinajstić information content (AvgIpc) is 1.90. The molecule has 0 radical (unpaired) electrons. The van der Waals surface area contributed by atoms with Gasteiger partial charge in [0.25, 0.3) is 0 Å². The van der Waals surface area contributed by atoms with E-state index in [0.29, 0.717) is 0 Å². The molecule has 1 nitrogen and oxygen atoms in total. The van der Waals surface area contributed by atoms with Crippen LogP contribution >= 0.6 is 34.9 Å². The second-order valence-electron chi connectivity index (χ2n) is 1.52. The molecule has 0 saturated carbocycles. The zero-order valence-electron chi connectivity index (χ0n) is 4.59. The first-order valence-electron chi connectivity index (χ1n) is 2.41. The Morgan fingerprint density at radius 3 is 2.11 bits per heavy atom. The van der Waals surface area contributed by atoms with Gasteiger partial charge in [0.1, 0.15) is 0 Å². The van der Waals surface area contributed by atoms with Gasteiger partial charge in [0.2, 0.25) is 0 Å². The number of rotatable bonds is 1. The van der Waals surface area contributed by atoms with E-state index < -0.39 is 16.3 Å². The van der Waals surface area contributed by atoms with Crippen molar-refractivity contribution < 1.29 is 3.44 Å². The maximum absolute atomic E-state index is 9.17. The molecule has 9 heavy (non-hydrogen) atoms. The molecule has 0 unspecified atom stereocenters. The molecule has 50 valence electrons. The van der Waals surface area contributed by atoms with E-state index in [0.717, 1.165) is 3.57 Å². The van der Waals surface area contributed by atoms with Gasteiger partial charge in [0.05, 0.1) is 0 Å². The van der Waals surface area contributed by atoms with Gasteiger partial charge in [0, 0.05) is 0 Å². The van der Waals surface area contributed by atoms with Gasteiger partial charge in [-0.15, -0.1) is 0 Å². The molecule has 0 aliphatic rings. The fraction of sp³-hybridized carbons (Fsp3) is 0. The van der Waals surface area contributed by atoms with Crippen LogP contribution in [0.1, 0.15) is 0 Å². The van der Waals surface area contributed by atoms with Gasteiger partial charge in [0.15, 0.2) is 0 Å². The molecule has 0 aromatic heterocycles. The minimum absolute atomic E-state index is 1.11. The summed E-state index contributed by atoms with van der Waals surface area (Å²) >= 11 is 0.410. The Labute approximate surface area is 71.6 Å². The molecule has 1 N–H and O–H groups in total. The Bertz CT molecular complexity index is 174. The van der Waals surface area contributed by atoms with Crippen molar-refractivity contribution in [2.75, 3.05) is 0 Å². The first-order valence-corrected chi connectivity index (χ1v) is 10.7. The summed E-state index contributed by atoms with van der Waals surface area (Å²) in [6.45, 7) is 0. The van der Waals surface area contributed by atoms with Crippen molar-refractivity contribution in [2.24, 2.45) is 0 Å². The summed E-state index contributed by atoms with van der Waals surface area (Å²) in [4.78, 5) is 0. The van der Waals surface area contributed by atoms with Crippen LogP contribution < -0.4 is 0 Å². The Kier molecular flexibility index (Phi) is 3.20. The van der Waals surface area contributed by atoms with E-state index in [1.165, 1.54) is 0 Å². The van der Waals surface area contributed by atoms with Crippen LogP contribution in [0.25, 0.3) is 0 Å². The molecule has 3 heteroatoms. The summed E-state index contributed by atoms with van der Waals surface area (Å²) in [6, 6.07) is 9.80. The molecule has 0 heterocycles. The van der Waals surface area contributed by atoms with Crippen molar-refractivity contribution in [1.29, 1.82) is 0 Å². The van der Waals surface area contributed by atoms with E-state index in [9.17, 15) is 0 Å². The second-order valence-corrected chi connectivity index (χ2v) is 9.20. The Morgan fingerprint density at radius 1 is 1.22 bits per heavy atom. The summed E-state index contributed by atoms with van der Waals surface area (Å²) in [5.74, 6) is 0. The van der Waals surface area contributed by atoms with Crippen molar-refractivity contribution in [3.63, 3.8) is 0 Å². The summed E-state index contributed by atoms with van der Waals surface area (Å²) in [5.41, 5.74) is 0. The van der Waals surface area contributed by atoms with Crippen LogP contribution in [0, 0.1) is 3.57 Å².